The summed E-state index contributed by atoms with van der Waals surface area (Å²) in [6, 6.07) is 17.0. The van der Waals surface area contributed by atoms with Crippen molar-refractivity contribution in [1.29, 1.82) is 0 Å². The van der Waals surface area contributed by atoms with Gasteiger partial charge in [-0.25, -0.2) is 8.42 Å². The Morgan fingerprint density at radius 3 is 2.38 bits per heavy atom. The zero-order valence-corrected chi connectivity index (χ0v) is 19.3. The average molecular weight is 480 g/mol. The van der Waals surface area contributed by atoms with Gasteiger partial charge in [0.1, 0.15) is 4.90 Å². The summed E-state index contributed by atoms with van der Waals surface area (Å²) in [5.41, 5.74) is 4.96. The topological polar surface area (TPSA) is 121 Å². The lowest BCUT2D eigenvalue weighted by Crippen LogP contribution is -2.15. The van der Waals surface area contributed by atoms with Gasteiger partial charge in [-0.15, -0.1) is 0 Å². The zero-order chi connectivity index (χ0) is 22.4. The second-order valence-corrected chi connectivity index (χ2v) is 8.63. The van der Waals surface area contributed by atoms with Gasteiger partial charge in [0, 0.05) is 1.43 Å². The lowest BCUT2D eigenvalue weighted by Gasteiger charge is -2.13. The van der Waals surface area contributed by atoms with Crippen LogP contribution >= 0.6 is 11.6 Å². The standard InChI is InChI=1S/C22H22ClN3O4S.H2O.H2/c1-15-8-10-19(25-24-14-16-9-11-20(29-2)21(13-16)30-3)22(12-15)31(27,28)26-18-7-5-4-6-17(18)23;;/h4-14,25-26H,1-3H3;1H2;1H/b24-14+;;. The number of nitrogens with zero attached hydrogens (tertiary/aromatic N) is 1. The number of para-hydroxylation sites is 1. The summed E-state index contributed by atoms with van der Waals surface area (Å²) in [6.45, 7) is 1.81. The fourth-order valence-corrected chi connectivity index (χ4v) is 4.36. The number of hydrogen-bond donors (Lipinski definition) is 2. The highest BCUT2D eigenvalue weighted by atomic mass is 35.5. The first-order valence-corrected chi connectivity index (χ1v) is 11.1. The minimum Gasteiger partial charge on any atom is -0.493 e. The van der Waals surface area contributed by atoms with E-state index >= 15 is 0 Å². The Hall–Kier alpha value is -3.27. The van der Waals surface area contributed by atoms with Crippen LogP contribution in [-0.4, -0.2) is 34.3 Å². The van der Waals surface area contributed by atoms with Crippen molar-refractivity contribution in [1.82, 2.24) is 0 Å². The molecule has 3 aromatic carbocycles. The minimum atomic E-state index is -3.91. The molecule has 0 unspecified atom stereocenters. The molecule has 0 atom stereocenters. The molecule has 10 heteroatoms. The van der Waals surface area contributed by atoms with E-state index in [1.54, 1.807) is 81.1 Å². The molecule has 0 aromatic heterocycles. The number of hydrazone groups is 1. The summed E-state index contributed by atoms with van der Waals surface area (Å²) >= 11 is 6.10. The third-order valence-corrected chi connectivity index (χ3v) is 6.09. The monoisotopic (exact) mass is 479 g/mol. The van der Waals surface area contributed by atoms with Gasteiger partial charge in [-0.2, -0.15) is 5.10 Å². The fourth-order valence-electron chi connectivity index (χ4n) is 2.80. The Morgan fingerprint density at radius 1 is 0.969 bits per heavy atom. The molecule has 172 valence electrons. The van der Waals surface area contributed by atoms with E-state index in [1.165, 1.54) is 0 Å². The van der Waals surface area contributed by atoms with Crippen LogP contribution < -0.4 is 19.6 Å². The van der Waals surface area contributed by atoms with Gasteiger partial charge in [-0.05, 0) is 60.5 Å². The number of sulfonamides is 1. The molecule has 0 aliphatic rings. The van der Waals surface area contributed by atoms with E-state index < -0.39 is 10.0 Å². The van der Waals surface area contributed by atoms with Crippen molar-refractivity contribution < 1.29 is 24.8 Å². The third kappa shape index (κ3) is 5.91. The molecule has 0 saturated heterocycles. The fraction of sp³-hybridized carbons (Fsp3) is 0.136. The Morgan fingerprint density at radius 2 is 1.69 bits per heavy atom. The van der Waals surface area contributed by atoms with Crippen LogP contribution in [0.1, 0.15) is 12.6 Å². The highest BCUT2D eigenvalue weighted by Gasteiger charge is 2.20. The Bertz CT molecular complexity index is 1220. The highest BCUT2D eigenvalue weighted by molar-refractivity contribution is 7.93. The first kappa shape index (κ1) is 25.0. The molecule has 32 heavy (non-hydrogen) atoms. The summed E-state index contributed by atoms with van der Waals surface area (Å²) in [4.78, 5) is 0.0527. The van der Waals surface area contributed by atoms with Crippen LogP contribution in [0.2, 0.25) is 5.02 Å². The predicted molar refractivity (Wildman–Crippen MR) is 130 cm³/mol. The second-order valence-electron chi connectivity index (χ2n) is 6.57. The van der Waals surface area contributed by atoms with Gasteiger partial charge in [0.15, 0.2) is 11.5 Å². The average Bonchev–Trinajstić information content (AvgIpc) is 2.76. The number of anilines is 2. The van der Waals surface area contributed by atoms with Crippen LogP contribution in [0.15, 0.2) is 70.7 Å². The molecule has 8 nitrogen and oxygen atoms in total. The first-order valence-electron chi connectivity index (χ1n) is 9.23. The number of nitrogens with one attached hydrogen (secondary N) is 2. The van der Waals surface area contributed by atoms with Crippen LogP contribution in [0.25, 0.3) is 0 Å². The van der Waals surface area contributed by atoms with Crippen molar-refractivity contribution in [2.24, 2.45) is 5.10 Å². The van der Waals surface area contributed by atoms with Gasteiger partial charge in [0.05, 0.1) is 36.8 Å². The first-order chi connectivity index (χ1) is 14.8. The SMILES string of the molecule is COc1ccc(/C=N/Nc2ccc(C)cc2S(=O)(=O)Nc2ccccc2Cl)cc1OC.O.[HH]. The van der Waals surface area contributed by atoms with E-state index in [0.717, 1.165) is 11.1 Å². The van der Waals surface area contributed by atoms with Crippen LogP contribution in [-0.2, 0) is 10.0 Å². The highest BCUT2D eigenvalue weighted by Crippen LogP contribution is 2.29. The maximum Gasteiger partial charge on any atom is 0.264 e. The molecule has 0 bridgehead atoms. The van der Waals surface area contributed by atoms with Crippen LogP contribution in [0, 0.1) is 6.92 Å². The summed E-state index contributed by atoms with van der Waals surface area (Å²) in [6.07, 6.45) is 1.56. The van der Waals surface area contributed by atoms with E-state index in [1.807, 2.05) is 6.92 Å². The largest absolute Gasteiger partial charge is 0.493 e. The minimum absolute atomic E-state index is 0. The van der Waals surface area contributed by atoms with E-state index in [2.05, 4.69) is 15.2 Å². The van der Waals surface area contributed by atoms with Crippen molar-refractivity contribution in [2.75, 3.05) is 24.4 Å². The summed E-state index contributed by atoms with van der Waals surface area (Å²) in [5, 5.41) is 4.49. The molecule has 3 rings (SSSR count). The van der Waals surface area contributed by atoms with Crippen molar-refractivity contribution in [3.63, 3.8) is 0 Å². The van der Waals surface area contributed by atoms with Crippen LogP contribution in [0.3, 0.4) is 0 Å². The summed E-state index contributed by atoms with van der Waals surface area (Å²) in [5.74, 6) is 1.17. The molecule has 0 amide bonds. The van der Waals surface area contributed by atoms with E-state index in [4.69, 9.17) is 21.1 Å². The molecule has 0 aliphatic heterocycles. The van der Waals surface area contributed by atoms with Crippen LogP contribution in [0.4, 0.5) is 11.4 Å². The number of methoxy groups -OCH3 is 2. The predicted octanol–water partition coefficient (Wildman–Crippen LogP) is 4.33. The summed E-state index contributed by atoms with van der Waals surface area (Å²) in [7, 11) is -0.804. The number of aryl methyl sites for hydroxylation is 1. The Kier molecular flexibility index (Phi) is 8.48. The molecule has 3 aromatic rings. The molecule has 4 N–H and O–H groups in total. The molecular formula is C22H26ClN3O5S. The third-order valence-electron chi connectivity index (χ3n) is 4.35. The molecule has 0 fully saturated rings. The zero-order valence-electron chi connectivity index (χ0n) is 17.7. The van der Waals surface area contributed by atoms with Crippen LogP contribution in [0.5, 0.6) is 11.5 Å². The Balaban J connectivity index is 0.00000272. The second kappa shape index (κ2) is 10.9. The number of benzene rings is 3. The maximum absolute atomic E-state index is 13.0. The number of ether oxygens (including phenoxy) is 2. The van der Waals surface area contributed by atoms with Crippen molar-refractivity contribution >= 4 is 39.2 Å². The van der Waals surface area contributed by atoms with Gasteiger partial charge in [0.2, 0.25) is 0 Å². The van der Waals surface area contributed by atoms with Gasteiger partial charge in [0.25, 0.3) is 10.0 Å². The Labute approximate surface area is 193 Å². The van der Waals surface area contributed by atoms with Gasteiger partial charge in [-0.3, -0.25) is 10.1 Å². The number of halogens is 1. The van der Waals surface area contributed by atoms with Gasteiger partial charge >= 0.3 is 0 Å². The molecular weight excluding hydrogens is 454 g/mol. The smallest absolute Gasteiger partial charge is 0.264 e. The molecule has 0 radical (unpaired) electrons. The lowest BCUT2D eigenvalue weighted by molar-refractivity contribution is 0.355. The lowest BCUT2D eigenvalue weighted by atomic mass is 10.2. The quantitative estimate of drug-likeness (QED) is 0.368. The number of rotatable bonds is 8. The molecule has 0 heterocycles. The van der Waals surface area contributed by atoms with E-state index in [9.17, 15) is 8.42 Å². The normalized spacial score (nSPS) is 11.0. The molecule has 0 saturated carbocycles. The van der Waals surface area contributed by atoms with E-state index in [-0.39, 0.29) is 11.8 Å². The van der Waals surface area contributed by atoms with Crippen molar-refractivity contribution in [2.45, 2.75) is 11.8 Å². The van der Waals surface area contributed by atoms with Crippen molar-refractivity contribution in [3.8, 4) is 11.5 Å². The molecule has 0 spiro atoms. The van der Waals surface area contributed by atoms with E-state index in [0.29, 0.717) is 27.9 Å². The maximum atomic E-state index is 13.0. The molecule has 0 aliphatic carbocycles. The van der Waals surface area contributed by atoms with Gasteiger partial charge < -0.3 is 14.9 Å². The van der Waals surface area contributed by atoms with Crippen molar-refractivity contribution in [3.05, 3.63) is 76.8 Å². The van der Waals surface area contributed by atoms with Gasteiger partial charge in [-0.1, -0.05) is 29.8 Å². The summed E-state index contributed by atoms with van der Waals surface area (Å²) < 4.78 is 39.1. The number of hydrogen-bond acceptors (Lipinski definition) is 6.